The van der Waals surface area contributed by atoms with E-state index in [0.29, 0.717) is 6.04 Å². The number of hydrogen-bond donors (Lipinski definition) is 2. The summed E-state index contributed by atoms with van der Waals surface area (Å²) >= 11 is 0. The van der Waals surface area contributed by atoms with Crippen molar-refractivity contribution in [1.29, 1.82) is 0 Å². The van der Waals surface area contributed by atoms with Crippen molar-refractivity contribution in [3.8, 4) is 0 Å². The van der Waals surface area contributed by atoms with E-state index in [-0.39, 0.29) is 6.10 Å². The first kappa shape index (κ1) is 12.3. The molecule has 0 saturated carbocycles. The van der Waals surface area contributed by atoms with Gasteiger partial charge in [-0.1, -0.05) is 6.92 Å². The summed E-state index contributed by atoms with van der Waals surface area (Å²) in [6.07, 6.45) is 5.92. The second-order valence-electron chi connectivity index (χ2n) is 4.07. The first-order valence-electron chi connectivity index (χ1n) is 5.68. The molecule has 0 aliphatic heterocycles. The maximum atomic E-state index is 9.20. The molecule has 15 heavy (non-hydrogen) atoms. The number of aliphatic hydroxyl groups excluding tert-OH is 1. The maximum Gasteiger partial charge on any atom is 0.0529 e. The summed E-state index contributed by atoms with van der Waals surface area (Å²) in [5.74, 6) is 0. The number of nitrogens with zero attached hydrogens (tertiary/aromatic N) is 1. The Kier molecular flexibility index (Phi) is 4.85. The van der Waals surface area contributed by atoms with Crippen LogP contribution in [0.1, 0.15) is 38.3 Å². The maximum absolute atomic E-state index is 9.20. The lowest BCUT2D eigenvalue weighted by Gasteiger charge is -2.11. The Balaban J connectivity index is 2.55. The van der Waals surface area contributed by atoms with Gasteiger partial charge < -0.3 is 15.0 Å². The first-order chi connectivity index (χ1) is 7.17. The molecule has 0 saturated heterocycles. The van der Waals surface area contributed by atoms with Crippen LogP contribution in [-0.4, -0.2) is 22.8 Å². The van der Waals surface area contributed by atoms with E-state index in [4.69, 9.17) is 0 Å². The molecule has 2 atom stereocenters. The molecule has 0 aromatic carbocycles. The Morgan fingerprint density at radius 2 is 2.27 bits per heavy atom. The van der Waals surface area contributed by atoms with Crippen molar-refractivity contribution < 1.29 is 5.11 Å². The summed E-state index contributed by atoms with van der Waals surface area (Å²) in [5, 5.41) is 12.5. The highest BCUT2D eigenvalue weighted by atomic mass is 16.3. The third-order valence-electron chi connectivity index (χ3n) is 2.74. The van der Waals surface area contributed by atoms with E-state index in [9.17, 15) is 5.11 Å². The third-order valence-corrected chi connectivity index (χ3v) is 2.74. The van der Waals surface area contributed by atoms with E-state index < -0.39 is 0 Å². The topological polar surface area (TPSA) is 37.2 Å². The number of aromatic nitrogens is 1. The Morgan fingerprint density at radius 3 is 2.80 bits per heavy atom. The van der Waals surface area contributed by atoms with Crippen LogP contribution in [0.25, 0.3) is 0 Å². The SMILES string of the molecule is CCC(NC)c1ccn(CCC(C)O)c1. The number of hydrogen-bond acceptors (Lipinski definition) is 2. The molecule has 0 aliphatic carbocycles. The molecule has 2 unspecified atom stereocenters. The van der Waals surface area contributed by atoms with Gasteiger partial charge in [-0.25, -0.2) is 0 Å². The molecule has 0 fully saturated rings. The first-order valence-corrected chi connectivity index (χ1v) is 5.68. The van der Waals surface area contributed by atoms with Crippen molar-refractivity contribution >= 4 is 0 Å². The monoisotopic (exact) mass is 210 g/mol. The predicted octanol–water partition coefficient (Wildman–Crippen LogP) is 1.93. The standard InChI is InChI=1S/C12H22N2O/c1-4-12(13-3)11-6-8-14(9-11)7-5-10(2)15/h6,8-10,12-13,15H,4-5,7H2,1-3H3. The Morgan fingerprint density at radius 1 is 1.53 bits per heavy atom. The van der Waals surface area contributed by atoms with E-state index in [1.165, 1.54) is 5.56 Å². The van der Waals surface area contributed by atoms with Gasteiger partial charge in [0.1, 0.15) is 0 Å². The van der Waals surface area contributed by atoms with Gasteiger partial charge >= 0.3 is 0 Å². The molecule has 86 valence electrons. The molecule has 3 nitrogen and oxygen atoms in total. The Hall–Kier alpha value is -0.800. The fourth-order valence-electron chi connectivity index (χ4n) is 1.75. The highest BCUT2D eigenvalue weighted by Crippen LogP contribution is 2.16. The third kappa shape index (κ3) is 3.68. The highest BCUT2D eigenvalue weighted by molar-refractivity contribution is 5.15. The van der Waals surface area contributed by atoms with Crippen LogP contribution in [0.5, 0.6) is 0 Å². The van der Waals surface area contributed by atoms with E-state index in [0.717, 1.165) is 19.4 Å². The zero-order chi connectivity index (χ0) is 11.3. The van der Waals surface area contributed by atoms with Gasteiger partial charge in [0.15, 0.2) is 0 Å². The summed E-state index contributed by atoms with van der Waals surface area (Å²) in [7, 11) is 1.99. The molecule has 1 rings (SSSR count). The van der Waals surface area contributed by atoms with Crippen LogP contribution in [-0.2, 0) is 6.54 Å². The molecule has 0 radical (unpaired) electrons. The molecule has 1 heterocycles. The van der Waals surface area contributed by atoms with Crippen LogP contribution < -0.4 is 5.32 Å². The molecule has 0 spiro atoms. The van der Waals surface area contributed by atoms with Crippen LogP contribution in [0.4, 0.5) is 0 Å². The van der Waals surface area contributed by atoms with E-state index in [1.807, 2.05) is 14.0 Å². The van der Waals surface area contributed by atoms with E-state index >= 15 is 0 Å². The van der Waals surface area contributed by atoms with Gasteiger partial charge in [-0.05, 0) is 38.4 Å². The molecular weight excluding hydrogens is 188 g/mol. The molecular formula is C12H22N2O. The summed E-state index contributed by atoms with van der Waals surface area (Å²) in [5.41, 5.74) is 1.32. The van der Waals surface area contributed by atoms with Crippen LogP contribution in [0, 0.1) is 0 Å². The molecule has 2 N–H and O–H groups in total. The van der Waals surface area contributed by atoms with Gasteiger partial charge in [-0.3, -0.25) is 0 Å². The lowest BCUT2D eigenvalue weighted by Crippen LogP contribution is -2.14. The zero-order valence-corrected chi connectivity index (χ0v) is 9.90. The van der Waals surface area contributed by atoms with Crippen molar-refractivity contribution in [3.63, 3.8) is 0 Å². The molecule has 0 aliphatic rings. The largest absolute Gasteiger partial charge is 0.393 e. The summed E-state index contributed by atoms with van der Waals surface area (Å²) in [6, 6.07) is 2.59. The van der Waals surface area contributed by atoms with Crippen molar-refractivity contribution in [2.75, 3.05) is 7.05 Å². The molecule has 0 bridgehead atoms. The average Bonchev–Trinajstić information content (AvgIpc) is 2.65. The molecule has 0 amide bonds. The quantitative estimate of drug-likeness (QED) is 0.753. The fourth-order valence-corrected chi connectivity index (χ4v) is 1.75. The number of aryl methyl sites for hydroxylation is 1. The second kappa shape index (κ2) is 5.93. The van der Waals surface area contributed by atoms with Gasteiger partial charge in [0.05, 0.1) is 6.10 Å². The fraction of sp³-hybridized carbons (Fsp3) is 0.667. The van der Waals surface area contributed by atoms with Gasteiger partial charge in [0, 0.05) is 25.0 Å². The van der Waals surface area contributed by atoms with Crippen molar-refractivity contribution in [3.05, 3.63) is 24.0 Å². The minimum Gasteiger partial charge on any atom is -0.393 e. The second-order valence-corrected chi connectivity index (χ2v) is 4.07. The highest BCUT2D eigenvalue weighted by Gasteiger charge is 2.07. The Labute approximate surface area is 92.1 Å². The summed E-state index contributed by atoms with van der Waals surface area (Å²) in [4.78, 5) is 0. The molecule has 1 aromatic heterocycles. The van der Waals surface area contributed by atoms with Crippen LogP contribution >= 0.6 is 0 Å². The van der Waals surface area contributed by atoms with Crippen LogP contribution in [0.15, 0.2) is 18.5 Å². The number of nitrogens with one attached hydrogen (secondary N) is 1. The number of aliphatic hydroxyl groups is 1. The lowest BCUT2D eigenvalue weighted by atomic mass is 10.1. The van der Waals surface area contributed by atoms with Crippen LogP contribution in [0.3, 0.4) is 0 Å². The Bertz CT molecular complexity index is 277. The van der Waals surface area contributed by atoms with Crippen molar-refractivity contribution in [1.82, 2.24) is 9.88 Å². The minimum atomic E-state index is -0.220. The lowest BCUT2D eigenvalue weighted by molar-refractivity contribution is 0.178. The van der Waals surface area contributed by atoms with E-state index in [1.54, 1.807) is 0 Å². The number of rotatable bonds is 6. The van der Waals surface area contributed by atoms with Crippen molar-refractivity contribution in [2.45, 2.75) is 45.4 Å². The van der Waals surface area contributed by atoms with E-state index in [2.05, 4.69) is 35.3 Å². The molecule has 1 aromatic rings. The normalized spacial score (nSPS) is 15.2. The van der Waals surface area contributed by atoms with Crippen LogP contribution in [0.2, 0.25) is 0 Å². The van der Waals surface area contributed by atoms with Gasteiger partial charge in [-0.15, -0.1) is 0 Å². The average molecular weight is 210 g/mol. The smallest absolute Gasteiger partial charge is 0.0529 e. The predicted molar refractivity (Wildman–Crippen MR) is 62.8 cm³/mol. The van der Waals surface area contributed by atoms with Gasteiger partial charge in [0.2, 0.25) is 0 Å². The van der Waals surface area contributed by atoms with Crippen molar-refractivity contribution in [2.24, 2.45) is 0 Å². The van der Waals surface area contributed by atoms with Gasteiger partial charge in [-0.2, -0.15) is 0 Å². The summed E-state index contributed by atoms with van der Waals surface area (Å²) < 4.78 is 2.14. The van der Waals surface area contributed by atoms with Gasteiger partial charge in [0.25, 0.3) is 0 Å². The minimum absolute atomic E-state index is 0.220. The molecule has 3 heteroatoms. The zero-order valence-electron chi connectivity index (χ0n) is 9.90. The summed E-state index contributed by atoms with van der Waals surface area (Å²) in [6.45, 7) is 4.89.